The Morgan fingerprint density at radius 1 is 0.905 bits per heavy atom. The number of hydrogen-bond acceptors (Lipinski definition) is 1. The van der Waals surface area contributed by atoms with Crippen LogP contribution < -0.4 is 4.74 Å². The lowest BCUT2D eigenvalue weighted by Gasteiger charge is -2.32. The van der Waals surface area contributed by atoms with Crippen LogP contribution >= 0.6 is 0 Å². The Hall–Kier alpha value is -1.12. The Labute approximate surface area is 125 Å². The second-order valence-electron chi connectivity index (χ2n) is 6.69. The van der Waals surface area contributed by atoms with Gasteiger partial charge in [-0.1, -0.05) is 31.7 Å². The molecule has 2 fully saturated rings. The highest BCUT2D eigenvalue weighted by atomic mass is 19.2. The van der Waals surface area contributed by atoms with Crippen LogP contribution in [0, 0.1) is 29.4 Å². The van der Waals surface area contributed by atoms with Crippen LogP contribution in [0.4, 0.5) is 8.78 Å². The number of rotatable bonds is 4. The quantitative estimate of drug-likeness (QED) is 0.728. The van der Waals surface area contributed by atoms with E-state index < -0.39 is 11.6 Å². The summed E-state index contributed by atoms with van der Waals surface area (Å²) in [7, 11) is 0. The summed E-state index contributed by atoms with van der Waals surface area (Å²) in [4.78, 5) is 0. The Morgan fingerprint density at radius 2 is 1.57 bits per heavy atom. The SMILES string of the molecule is Fc1cccc(OC[C@H]2CC[C@H](C3CCCC3)CC2)c1F. The van der Waals surface area contributed by atoms with Gasteiger partial charge in [0.15, 0.2) is 11.6 Å². The van der Waals surface area contributed by atoms with Gasteiger partial charge in [0.2, 0.25) is 5.82 Å². The molecule has 0 aliphatic heterocycles. The third kappa shape index (κ3) is 3.56. The minimum absolute atomic E-state index is 0.0490. The molecule has 21 heavy (non-hydrogen) atoms. The molecule has 0 amide bonds. The zero-order valence-electron chi connectivity index (χ0n) is 12.5. The van der Waals surface area contributed by atoms with Crippen LogP contribution in [-0.2, 0) is 0 Å². The van der Waals surface area contributed by atoms with E-state index in [2.05, 4.69) is 0 Å². The van der Waals surface area contributed by atoms with Crippen molar-refractivity contribution < 1.29 is 13.5 Å². The van der Waals surface area contributed by atoms with Crippen LogP contribution in [0.2, 0.25) is 0 Å². The van der Waals surface area contributed by atoms with E-state index in [0.717, 1.165) is 30.7 Å². The summed E-state index contributed by atoms with van der Waals surface area (Å²) in [6, 6.07) is 4.11. The molecule has 3 heteroatoms. The van der Waals surface area contributed by atoms with Gasteiger partial charge in [0, 0.05) is 0 Å². The van der Waals surface area contributed by atoms with Gasteiger partial charge in [-0.2, -0.15) is 4.39 Å². The summed E-state index contributed by atoms with van der Waals surface area (Å²) < 4.78 is 32.1. The van der Waals surface area contributed by atoms with Gasteiger partial charge in [-0.3, -0.25) is 0 Å². The second-order valence-corrected chi connectivity index (χ2v) is 6.69. The fourth-order valence-corrected chi connectivity index (χ4v) is 4.06. The summed E-state index contributed by atoms with van der Waals surface area (Å²) in [5.41, 5.74) is 0. The highest BCUT2D eigenvalue weighted by molar-refractivity contribution is 5.25. The first kappa shape index (κ1) is 14.8. The zero-order chi connectivity index (χ0) is 14.7. The highest BCUT2D eigenvalue weighted by Crippen LogP contribution is 2.40. The van der Waals surface area contributed by atoms with Crippen molar-refractivity contribution >= 4 is 0 Å². The van der Waals surface area contributed by atoms with Crippen LogP contribution in [0.15, 0.2) is 18.2 Å². The molecule has 2 saturated carbocycles. The number of ether oxygens (including phenoxy) is 1. The molecular weight excluding hydrogens is 270 g/mol. The maximum absolute atomic E-state index is 13.5. The zero-order valence-corrected chi connectivity index (χ0v) is 12.5. The van der Waals surface area contributed by atoms with Gasteiger partial charge in [-0.25, -0.2) is 4.39 Å². The molecule has 1 nitrogen and oxygen atoms in total. The number of hydrogen-bond donors (Lipinski definition) is 0. The molecule has 0 unspecified atom stereocenters. The van der Waals surface area contributed by atoms with E-state index in [-0.39, 0.29) is 5.75 Å². The minimum atomic E-state index is -0.864. The average Bonchev–Trinajstić information content (AvgIpc) is 3.04. The Morgan fingerprint density at radius 3 is 2.29 bits per heavy atom. The molecule has 3 rings (SSSR count). The van der Waals surface area contributed by atoms with E-state index in [0.29, 0.717) is 12.5 Å². The first-order valence-corrected chi connectivity index (χ1v) is 8.31. The number of benzene rings is 1. The molecule has 0 radical (unpaired) electrons. The first-order chi connectivity index (χ1) is 10.2. The van der Waals surface area contributed by atoms with E-state index in [1.165, 1.54) is 50.7 Å². The Kier molecular flexibility index (Phi) is 4.77. The molecule has 0 spiro atoms. The summed E-state index contributed by atoms with van der Waals surface area (Å²) in [5, 5.41) is 0. The van der Waals surface area contributed by atoms with Crippen LogP contribution in [0.5, 0.6) is 5.75 Å². The maximum Gasteiger partial charge on any atom is 0.200 e. The molecular formula is C18H24F2O. The first-order valence-electron chi connectivity index (χ1n) is 8.31. The lowest BCUT2D eigenvalue weighted by atomic mass is 9.75. The summed E-state index contributed by atoms with van der Waals surface area (Å²) in [6.07, 6.45) is 10.5. The highest BCUT2D eigenvalue weighted by Gasteiger charge is 2.29. The van der Waals surface area contributed by atoms with Crippen LogP contribution in [0.25, 0.3) is 0 Å². The number of halogens is 2. The van der Waals surface area contributed by atoms with Crippen LogP contribution in [-0.4, -0.2) is 6.61 Å². The predicted molar refractivity (Wildman–Crippen MR) is 79.3 cm³/mol. The van der Waals surface area contributed by atoms with Crippen LogP contribution in [0.1, 0.15) is 51.4 Å². The van der Waals surface area contributed by atoms with E-state index in [1.807, 2.05) is 0 Å². The lowest BCUT2D eigenvalue weighted by molar-refractivity contribution is 0.151. The third-order valence-corrected chi connectivity index (χ3v) is 5.35. The monoisotopic (exact) mass is 294 g/mol. The molecule has 1 aromatic carbocycles. The molecule has 1 aromatic rings. The molecule has 2 aliphatic rings. The molecule has 2 aliphatic carbocycles. The topological polar surface area (TPSA) is 9.23 Å². The molecule has 116 valence electrons. The van der Waals surface area contributed by atoms with E-state index in [1.54, 1.807) is 0 Å². The van der Waals surface area contributed by atoms with Crippen molar-refractivity contribution in [2.24, 2.45) is 17.8 Å². The largest absolute Gasteiger partial charge is 0.490 e. The standard InChI is InChI=1S/C18H24F2O/c19-16-6-3-7-17(18(16)20)21-12-13-8-10-15(11-9-13)14-4-1-2-5-14/h3,6-7,13-15H,1-2,4-5,8-12H2/t13-,15-. The smallest absolute Gasteiger partial charge is 0.200 e. The van der Waals surface area contributed by atoms with Crippen LogP contribution in [0.3, 0.4) is 0 Å². The fraction of sp³-hybridized carbons (Fsp3) is 0.667. The molecule has 0 saturated heterocycles. The molecule has 0 atom stereocenters. The van der Waals surface area contributed by atoms with E-state index in [4.69, 9.17) is 4.74 Å². The van der Waals surface area contributed by atoms with Crippen molar-refractivity contribution in [1.29, 1.82) is 0 Å². The van der Waals surface area contributed by atoms with Gasteiger partial charge >= 0.3 is 0 Å². The van der Waals surface area contributed by atoms with Gasteiger partial charge in [0.1, 0.15) is 0 Å². The molecule has 0 N–H and O–H groups in total. The minimum Gasteiger partial charge on any atom is -0.490 e. The maximum atomic E-state index is 13.5. The van der Waals surface area contributed by atoms with Crippen molar-refractivity contribution in [2.75, 3.05) is 6.61 Å². The molecule has 0 heterocycles. The van der Waals surface area contributed by atoms with Gasteiger partial charge in [0.25, 0.3) is 0 Å². The summed E-state index contributed by atoms with van der Waals surface area (Å²) in [5.74, 6) is 0.690. The van der Waals surface area contributed by atoms with Gasteiger partial charge in [-0.05, 0) is 55.6 Å². The van der Waals surface area contributed by atoms with Crippen molar-refractivity contribution in [3.63, 3.8) is 0 Å². The van der Waals surface area contributed by atoms with Crippen molar-refractivity contribution in [3.8, 4) is 5.75 Å². The summed E-state index contributed by atoms with van der Waals surface area (Å²) >= 11 is 0. The normalized spacial score (nSPS) is 27.0. The average molecular weight is 294 g/mol. The van der Waals surface area contributed by atoms with Crippen molar-refractivity contribution in [1.82, 2.24) is 0 Å². The summed E-state index contributed by atoms with van der Waals surface area (Å²) in [6.45, 7) is 0.512. The fourth-order valence-electron chi connectivity index (χ4n) is 4.06. The predicted octanol–water partition coefficient (Wildman–Crippen LogP) is 5.34. The molecule has 0 aromatic heterocycles. The molecule has 0 bridgehead atoms. The lowest BCUT2D eigenvalue weighted by Crippen LogP contribution is -2.23. The van der Waals surface area contributed by atoms with Crippen molar-refractivity contribution in [3.05, 3.63) is 29.8 Å². The second kappa shape index (κ2) is 6.76. The van der Waals surface area contributed by atoms with E-state index in [9.17, 15) is 8.78 Å². The van der Waals surface area contributed by atoms with Crippen molar-refractivity contribution in [2.45, 2.75) is 51.4 Å². The van der Waals surface area contributed by atoms with Gasteiger partial charge in [0.05, 0.1) is 6.61 Å². The van der Waals surface area contributed by atoms with Gasteiger partial charge in [-0.15, -0.1) is 0 Å². The van der Waals surface area contributed by atoms with Gasteiger partial charge < -0.3 is 4.74 Å². The van der Waals surface area contributed by atoms with E-state index >= 15 is 0 Å². The Bertz CT molecular complexity index is 460. The Balaban J connectivity index is 1.46. The third-order valence-electron chi connectivity index (χ3n) is 5.35.